The number of nitrogens with zero attached hydrogens (tertiary/aromatic N) is 3. The van der Waals surface area contributed by atoms with Gasteiger partial charge in [-0.15, -0.1) is 0 Å². The van der Waals surface area contributed by atoms with Gasteiger partial charge in [-0.05, 0) is 32.0 Å². The van der Waals surface area contributed by atoms with Gasteiger partial charge >= 0.3 is 6.03 Å². The summed E-state index contributed by atoms with van der Waals surface area (Å²) in [4.78, 5) is 18.3. The maximum atomic E-state index is 15.0. The van der Waals surface area contributed by atoms with Crippen LogP contribution >= 0.6 is 0 Å². The van der Waals surface area contributed by atoms with Crippen LogP contribution in [-0.4, -0.2) is 60.6 Å². The Morgan fingerprint density at radius 1 is 1.23 bits per heavy atom. The van der Waals surface area contributed by atoms with Crippen LogP contribution in [0.1, 0.15) is 18.2 Å². The number of hydrogen-bond acceptors (Lipinski definition) is 5. The van der Waals surface area contributed by atoms with Crippen molar-refractivity contribution in [2.45, 2.75) is 26.4 Å². The molecule has 1 fully saturated rings. The number of anilines is 2. The molecule has 1 aliphatic heterocycles. The minimum absolute atomic E-state index is 0.0539. The lowest BCUT2D eigenvalue weighted by Gasteiger charge is -2.38. The van der Waals surface area contributed by atoms with Crippen LogP contribution in [0.15, 0.2) is 36.5 Å². The van der Waals surface area contributed by atoms with Gasteiger partial charge in [-0.25, -0.2) is 17.6 Å². The summed E-state index contributed by atoms with van der Waals surface area (Å²) < 4.78 is 39.9. The molecule has 1 saturated heterocycles. The van der Waals surface area contributed by atoms with Crippen molar-refractivity contribution in [2.75, 3.05) is 36.5 Å². The molecule has 2 heterocycles. The average Bonchev–Trinajstić information content (AvgIpc) is 2.67. The van der Waals surface area contributed by atoms with Crippen molar-refractivity contribution in [1.29, 1.82) is 0 Å². The van der Waals surface area contributed by atoms with E-state index in [0.717, 1.165) is 5.69 Å². The molecule has 2 N–H and O–H groups in total. The molecule has 1 aromatic carbocycles. The standard InChI is InChI=1S/C20H26FN5O3S/c1-14-7-8-17(11-22-14)23-20(27)24-18-6-4-5-16(19(18)21)13-25-9-10-26(12-15(25)2)30(3,28)29/h4-8,11,15H,9-10,12-13H2,1-3H3,(H2,23,24,27). The molecule has 0 bridgehead atoms. The number of amides is 2. The molecule has 30 heavy (non-hydrogen) atoms. The average molecular weight is 436 g/mol. The van der Waals surface area contributed by atoms with Crippen molar-refractivity contribution in [1.82, 2.24) is 14.2 Å². The van der Waals surface area contributed by atoms with E-state index in [4.69, 9.17) is 0 Å². The van der Waals surface area contributed by atoms with Crippen molar-refractivity contribution >= 4 is 27.4 Å². The molecule has 1 aromatic heterocycles. The Morgan fingerprint density at radius 2 is 2.00 bits per heavy atom. The van der Waals surface area contributed by atoms with Crippen molar-refractivity contribution in [3.05, 3.63) is 53.6 Å². The molecule has 10 heteroatoms. The first kappa shape index (κ1) is 22.1. The molecule has 8 nitrogen and oxygen atoms in total. The number of nitrogens with one attached hydrogen (secondary N) is 2. The fraction of sp³-hybridized carbons (Fsp3) is 0.400. The Bertz CT molecular complexity index is 1010. The molecule has 1 unspecified atom stereocenters. The van der Waals surface area contributed by atoms with Gasteiger partial charge in [-0.3, -0.25) is 9.88 Å². The van der Waals surface area contributed by atoms with Gasteiger partial charge in [0.25, 0.3) is 0 Å². The Hall–Kier alpha value is -2.56. The second-order valence-corrected chi connectivity index (χ2v) is 9.47. The first-order chi connectivity index (χ1) is 14.1. The number of piperazine rings is 1. The highest BCUT2D eigenvalue weighted by molar-refractivity contribution is 7.88. The zero-order chi connectivity index (χ0) is 21.9. The summed E-state index contributed by atoms with van der Waals surface area (Å²) in [6, 6.07) is 7.70. The molecule has 0 spiro atoms. The minimum atomic E-state index is -3.24. The third-order valence-corrected chi connectivity index (χ3v) is 6.34. The molecule has 1 aliphatic rings. The largest absolute Gasteiger partial charge is 0.323 e. The lowest BCUT2D eigenvalue weighted by Crippen LogP contribution is -2.52. The van der Waals surface area contributed by atoms with Crippen LogP contribution in [0, 0.1) is 12.7 Å². The molecule has 0 aliphatic carbocycles. The van der Waals surface area contributed by atoms with E-state index in [-0.39, 0.29) is 11.7 Å². The van der Waals surface area contributed by atoms with E-state index in [1.165, 1.54) is 22.8 Å². The molecule has 1 atom stereocenters. The number of aromatic nitrogens is 1. The van der Waals surface area contributed by atoms with Crippen LogP contribution in [0.3, 0.4) is 0 Å². The summed E-state index contributed by atoms with van der Waals surface area (Å²) in [6.07, 6.45) is 2.72. The number of urea groups is 1. The Kier molecular flexibility index (Phi) is 6.69. The zero-order valence-corrected chi connectivity index (χ0v) is 18.0. The highest BCUT2D eigenvalue weighted by Crippen LogP contribution is 2.22. The van der Waals surface area contributed by atoms with Crippen molar-refractivity contribution in [2.24, 2.45) is 0 Å². The SMILES string of the molecule is Cc1ccc(NC(=O)Nc2cccc(CN3CCN(S(C)(=O)=O)CC3C)c2F)cn1. The predicted molar refractivity (Wildman–Crippen MR) is 114 cm³/mol. The van der Waals surface area contributed by atoms with E-state index in [2.05, 4.69) is 15.6 Å². The second kappa shape index (κ2) is 9.07. The highest BCUT2D eigenvalue weighted by Gasteiger charge is 2.29. The number of benzene rings is 1. The van der Waals surface area contributed by atoms with Crippen LogP contribution < -0.4 is 10.6 Å². The van der Waals surface area contributed by atoms with Gasteiger partial charge in [0.2, 0.25) is 10.0 Å². The summed E-state index contributed by atoms with van der Waals surface area (Å²) in [5, 5.41) is 5.15. The van der Waals surface area contributed by atoms with Gasteiger partial charge in [-0.1, -0.05) is 12.1 Å². The molecule has 0 saturated carbocycles. The maximum Gasteiger partial charge on any atom is 0.323 e. The van der Waals surface area contributed by atoms with Gasteiger partial charge in [0, 0.05) is 43.5 Å². The molecule has 0 radical (unpaired) electrons. The number of aryl methyl sites for hydroxylation is 1. The summed E-state index contributed by atoms with van der Waals surface area (Å²) in [6.45, 7) is 5.32. The molecule has 2 aromatic rings. The zero-order valence-electron chi connectivity index (χ0n) is 17.2. The van der Waals surface area contributed by atoms with Crippen LogP contribution in [0.2, 0.25) is 0 Å². The summed E-state index contributed by atoms with van der Waals surface area (Å²) in [7, 11) is -3.24. The third-order valence-electron chi connectivity index (χ3n) is 5.07. The quantitative estimate of drug-likeness (QED) is 0.753. The van der Waals surface area contributed by atoms with E-state index < -0.39 is 21.9 Å². The van der Waals surface area contributed by atoms with Gasteiger partial charge in [0.05, 0.1) is 23.8 Å². The van der Waals surface area contributed by atoms with Crippen molar-refractivity contribution in [3.63, 3.8) is 0 Å². The number of halogens is 1. The monoisotopic (exact) mass is 435 g/mol. The maximum absolute atomic E-state index is 15.0. The molecule has 2 amide bonds. The van der Waals surface area contributed by atoms with Gasteiger partial charge in [-0.2, -0.15) is 4.31 Å². The van der Waals surface area contributed by atoms with Crippen LogP contribution in [0.4, 0.5) is 20.6 Å². The number of carbonyl (C=O) groups excluding carboxylic acids is 1. The number of pyridine rings is 1. The molecule has 3 rings (SSSR count). The van der Waals surface area contributed by atoms with E-state index >= 15 is 0 Å². The lowest BCUT2D eigenvalue weighted by atomic mass is 10.1. The van der Waals surface area contributed by atoms with Crippen LogP contribution in [0.25, 0.3) is 0 Å². The fourth-order valence-electron chi connectivity index (χ4n) is 3.34. The first-order valence-electron chi connectivity index (χ1n) is 9.60. The summed E-state index contributed by atoms with van der Waals surface area (Å²) >= 11 is 0. The van der Waals surface area contributed by atoms with Gasteiger partial charge in [0.1, 0.15) is 0 Å². The van der Waals surface area contributed by atoms with Crippen molar-refractivity contribution < 1.29 is 17.6 Å². The van der Waals surface area contributed by atoms with Crippen molar-refractivity contribution in [3.8, 4) is 0 Å². The second-order valence-electron chi connectivity index (χ2n) is 7.49. The minimum Gasteiger partial charge on any atom is -0.306 e. The Labute approximate surface area is 176 Å². The van der Waals surface area contributed by atoms with Crippen LogP contribution in [-0.2, 0) is 16.6 Å². The smallest absolute Gasteiger partial charge is 0.306 e. The Balaban J connectivity index is 1.65. The summed E-state index contributed by atoms with van der Waals surface area (Å²) in [5.41, 5.74) is 1.84. The Morgan fingerprint density at radius 3 is 2.63 bits per heavy atom. The predicted octanol–water partition coefficient (Wildman–Crippen LogP) is 2.64. The fourth-order valence-corrected chi connectivity index (χ4v) is 4.24. The van der Waals surface area contributed by atoms with Crippen LogP contribution in [0.5, 0.6) is 0 Å². The third kappa shape index (κ3) is 5.53. The van der Waals surface area contributed by atoms with E-state index in [1.807, 2.05) is 18.7 Å². The normalized spacial score (nSPS) is 18.2. The van der Waals surface area contributed by atoms with E-state index in [1.54, 1.807) is 24.3 Å². The molecule has 162 valence electrons. The van der Waals surface area contributed by atoms with E-state index in [9.17, 15) is 17.6 Å². The number of sulfonamides is 1. The summed E-state index contributed by atoms with van der Waals surface area (Å²) in [5.74, 6) is -0.507. The van der Waals surface area contributed by atoms with Gasteiger partial charge < -0.3 is 10.6 Å². The van der Waals surface area contributed by atoms with Gasteiger partial charge in [0.15, 0.2) is 5.82 Å². The topological polar surface area (TPSA) is 94.6 Å². The van der Waals surface area contributed by atoms with E-state index in [0.29, 0.717) is 37.4 Å². The number of rotatable bonds is 5. The molecular formula is C20H26FN5O3S. The highest BCUT2D eigenvalue weighted by atomic mass is 32.2. The first-order valence-corrected chi connectivity index (χ1v) is 11.5. The number of carbonyl (C=O) groups is 1. The lowest BCUT2D eigenvalue weighted by molar-refractivity contribution is 0.121. The number of hydrogen-bond donors (Lipinski definition) is 2. The molecular weight excluding hydrogens is 409 g/mol.